The summed E-state index contributed by atoms with van der Waals surface area (Å²) in [5, 5.41) is 15.1. The van der Waals surface area contributed by atoms with Crippen LogP contribution in [-0.2, 0) is 0 Å². The van der Waals surface area contributed by atoms with Gasteiger partial charge in [0.15, 0.2) is 0 Å². The molecule has 0 amide bonds. The predicted molar refractivity (Wildman–Crippen MR) is 76.1 cm³/mol. The third-order valence-electron chi connectivity index (χ3n) is 2.75. The molecule has 0 saturated heterocycles. The highest BCUT2D eigenvalue weighted by atomic mass is 16.3. The Morgan fingerprint density at radius 1 is 1.16 bits per heavy atom. The zero-order chi connectivity index (χ0) is 13.5. The number of nitrogens with zero attached hydrogens (tertiary/aromatic N) is 2. The molecule has 2 rings (SSSR count). The van der Waals surface area contributed by atoms with Crippen LogP contribution in [0, 0.1) is 0 Å². The molecule has 1 aromatic carbocycles. The van der Waals surface area contributed by atoms with Gasteiger partial charge in [-0.15, -0.1) is 0 Å². The van der Waals surface area contributed by atoms with Crippen LogP contribution in [0.1, 0.15) is 18.5 Å². The summed E-state index contributed by atoms with van der Waals surface area (Å²) in [7, 11) is 0. The lowest BCUT2D eigenvalue weighted by Crippen LogP contribution is -2.10. The van der Waals surface area contributed by atoms with E-state index < -0.39 is 0 Å². The number of aromatic nitrogens is 2. The second-order valence-corrected chi connectivity index (χ2v) is 4.22. The van der Waals surface area contributed by atoms with E-state index in [0.29, 0.717) is 12.4 Å². The van der Waals surface area contributed by atoms with Crippen molar-refractivity contribution in [3.05, 3.63) is 48.3 Å². The van der Waals surface area contributed by atoms with Crippen molar-refractivity contribution in [1.82, 2.24) is 9.97 Å². The van der Waals surface area contributed by atoms with Gasteiger partial charge in [0.1, 0.15) is 18.0 Å². The van der Waals surface area contributed by atoms with Crippen LogP contribution in [0.2, 0.25) is 0 Å². The zero-order valence-electron chi connectivity index (χ0n) is 10.9. The fourth-order valence-corrected chi connectivity index (χ4v) is 1.76. The molecule has 0 aliphatic rings. The van der Waals surface area contributed by atoms with E-state index in [1.165, 1.54) is 11.9 Å². The van der Waals surface area contributed by atoms with Crippen LogP contribution in [0.15, 0.2) is 42.7 Å². The van der Waals surface area contributed by atoms with Crippen molar-refractivity contribution in [2.75, 3.05) is 23.8 Å². The van der Waals surface area contributed by atoms with Crippen LogP contribution >= 0.6 is 0 Å². The minimum Gasteiger partial charge on any atom is -0.395 e. The summed E-state index contributed by atoms with van der Waals surface area (Å²) < 4.78 is 0. The molecule has 3 N–H and O–H groups in total. The molecular weight excluding hydrogens is 240 g/mol. The number of rotatable bonds is 6. The highest BCUT2D eigenvalue weighted by molar-refractivity contribution is 5.47. The summed E-state index contributed by atoms with van der Waals surface area (Å²) in [6.45, 7) is 2.64. The van der Waals surface area contributed by atoms with Gasteiger partial charge in [0.25, 0.3) is 0 Å². The second-order valence-electron chi connectivity index (χ2n) is 4.22. The van der Waals surface area contributed by atoms with Crippen LogP contribution in [0.5, 0.6) is 0 Å². The van der Waals surface area contributed by atoms with Crippen molar-refractivity contribution in [3.8, 4) is 0 Å². The van der Waals surface area contributed by atoms with Crippen LogP contribution < -0.4 is 10.6 Å². The highest BCUT2D eigenvalue weighted by Crippen LogP contribution is 2.18. The number of benzene rings is 1. The summed E-state index contributed by atoms with van der Waals surface area (Å²) in [6.07, 6.45) is 1.50. The minimum atomic E-state index is 0.0766. The Bertz CT molecular complexity index is 504. The van der Waals surface area contributed by atoms with Crippen molar-refractivity contribution in [3.63, 3.8) is 0 Å². The van der Waals surface area contributed by atoms with Gasteiger partial charge in [-0.1, -0.05) is 30.3 Å². The number of anilines is 2. The topological polar surface area (TPSA) is 70.1 Å². The van der Waals surface area contributed by atoms with Gasteiger partial charge in [-0.25, -0.2) is 9.97 Å². The number of hydrogen-bond donors (Lipinski definition) is 3. The number of hydrogen-bond acceptors (Lipinski definition) is 5. The van der Waals surface area contributed by atoms with Crippen LogP contribution in [0.3, 0.4) is 0 Å². The molecule has 1 heterocycles. The Labute approximate surface area is 112 Å². The van der Waals surface area contributed by atoms with Gasteiger partial charge < -0.3 is 15.7 Å². The quantitative estimate of drug-likeness (QED) is 0.740. The van der Waals surface area contributed by atoms with Gasteiger partial charge in [-0.05, 0) is 12.5 Å². The Kier molecular flexibility index (Phi) is 4.69. The maximum Gasteiger partial charge on any atom is 0.131 e. The molecule has 19 heavy (non-hydrogen) atoms. The Hall–Kier alpha value is -2.14. The maximum atomic E-state index is 8.77. The lowest BCUT2D eigenvalue weighted by atomic mass is 10.1. The van der Waals surface area contributed by atoms with Crippen molar-refractivity contribution in [2.24, 2.45) is 0 Å². The van der Waals surface area contributed by atoms with Crippen molar-refractivity contribution < 1.29 is 5.11 Å². The van der Waals surface area contributed by atoms with Crippen molar-refractivity contribution in [1.29, 1.82) is 0 Å². The van der Waals surface area contributed by atoms with E-state index in [1.54, 1.807) is 0 Å². The largest absolute Gasteiger partial charge is 0.395 e. The van der Waals surface area contributed by atoms with E-state index in [0.717, 1.165) is 5.82 Å². The summed E-state index contributed by atoms with van der Waals surface area (Å²) >= 11 is 0. The first kappa shape index (κ1) is 13.3. The molecular formula is C14H18N4O. The molecule has 5 heteroatoms. The predicted octanol–water partition coefficient (Wildman–Crippen LogP) is 2.05. The summed E-state index contributed by atoms with van der Waals surface area (Å²) in [5.41, 5.74) is 1.20. The van der Waals surface area contributed by atoms with Gasteiger partial charge in [0.2, 0.25) is 0 Å². The first-order chi connectivity index (χ1) is 9.29. The van der Waals surface area contributed by atoms with Gasteiger partial charge >= 0.3 is 0 Å². The second kappa shape index (κ2) is 6.70. The van der Waals surface area contributed by atoms with E-state index >= 15 is 0 Å². The molecule has 2 aromatic rings. The van der Waals surface area contributed by atoms with E-state index in [-0.39, 0.29) is 12.6 Å². The molecule has 1 atom stereocenters. The molecule has 0 fully saturated rings. The average molecular weight is 258 g/mol. The van der Waals surface area contributed by atoms with Gasteiger partial charge in [0, 0.05) is 18.7 Å². The third kappa shape index (κ3) is 3.93. The lowest BCUT2D eigenvalue weighted by Gasteiger charge is -2.15. The highest BCUT2D eigenvalue weighted by Gasteiger charge is 2.06. The number of nitrogens with one attached hydrogen (secondary N) is 2. The molecule has 1 aromatic heterocycles. The molecule has 0 aliphatic carbocycles. The minimum absolute atomic E-state index is 0.0766. The first-order valence-corrected chi connectivity index (χ1v) is 6.28. The van der Waals surface area contributed by atoms with Crippen LogP contribution in [-0.4, -0.2) is 28.2 Å². The van der Waals surface area contributed by atoms with Crippen LogP contribution in [0.25, 0.3) is 0 Å². The maximum absolute atomic E-state index is 8.77. The summed E-state index contributed by atoms with van der Waals surface area (Å²) in [6, 6.07) is 12.2. The molecule has 0 radical (unpaired) electrons. The molecule has 100 valence electrons. The van der Waals surface area contributed by atoms with E-state index in [1.807, 2.05) is 24.3 Å². The molecule has 5 nitrogen and oxygen atoms in total. The molecule has 0 saturated carbocycles. The fraction of sp³-hybridized carbons (Fsp3) is 0.286. The molecule has 1 unspecified atom stereocenters. The average Bonchev–Trinajstić information content (AvgIpc) is 2.46. The van der Waals surface area contributed by atoms with Crippen molar-refractivity contribution in [2.45, 2.75) is 13.0 Å². The van der Waals surface area contributed by atoms with Gasteiger partial charge in [-0.3, -0.25) is 0 Å². The Morgan fingerprint density at radius 3 is 2.63 bits per heavy atom. The smallest absolute Gasteiger partial charge is 0.131 e. The fourth-order valence-electron chi connectivity index (χ4n) is 1.76. The van der Waals surface area contributed by atoms with Gasteiger partial charge in [-0.2, -0.15) is 0 Å². The monoisotopic (exact) mass is 258 g/mol. The van der Waals surface area contributed by atoms with E-state index in [4.69, 9.17) is 5.11 Å². The van der Waals surface area contributed by atoms with Crippen molar-refractivity contribution >= 4 is 11.6 Å². The zero-order valence-corrected chi connectivity index (χ0v) is 10.9. The Morgan fingerprint density at radius 2 is 1.89 bits per heavy atom. The normalized spacial score (nSPS) is 11.9. The number of aliphatic hydroxyl groups excluding tert-OH is 1. The van der Waals surface area contributed by atoms with Crippen LogP contribution in [0.4, 0.5) is 11.6 Å². The third-order valence-corrected chi connectivity index (χ3v) is 2.75. The van der Waals surface area contributed by atoms with Gasteiger partial charge in [0.05, 0.1) is 6.61 Å². The summed E-state index contributed by atoms with van der Waals surface area (Å²) in [4.78, 5) is 8.27. The summed E-state index contributed by atoms with van der Waals surface area (Å²) in [5.74, 6) is 1.46. The van der Waals surface area contributed by atoms with E-state index in [2.05, 4.69) is 39.7 Å². The molecule has 0 aliphatic heterocycles. The molecule has 0 spiro atoms. The number of aliphatic hydroxyl groups is 1. The molecule has 0 bridgehead atoms. The SMILES string of the molecule is CC(Nc1cc(NCCO)ncn1)c1ccccc1. The lowest BCUT2D eigenvalue weighted by molar-refractivity contribution is 0.311. The standard InChI is InChI=1S/C14H18N4O/c1-11(12-5-3-2-4-6-12)18-14-9-13(15-7-8-19)16-10-17-14/h2-6,9-11,19H,7-8H2,1H3,(H2,15,16,17,18). The first-order valence-electron chi connectivity index (χ1n) is 6.28. The Balaban J connectivity index is 2.02. The van der Waals surface area contributed by atoms with E-state index in [9.17, 15) is 0 Å².